The van der Waals surface area contributed by atoms with Crippen LogP contribution < -0.4 is 0 Å². The molecule has 0 saturated carbocycles. The predicted molar refractivity (Wildman–Crippen MR) is 190 cm³/mol. The highest BCUT2D eigenvalue weighted by atomic mass is 32.1. The van der Waals surface area contributed by atoms with E-state index in [1.165, 1.54) is 74.7 Å². The van der Waals surface area contributed by atoms with E-state index in [0.29, 0.717) is 0 Å². The van der Waals surface area contributed by atoms with E-state index >= 15 is 0 Å². The number of rotatable bonds is 2. The van der Waals surface area contributed by atoms with Crippen LogP contribution in [0.1, 0.15) is 0 Å². The monoisotopic (exact) mass is 576 g/mol. The third-order valence-corrected chi connectivity index (χ3v) is 10.4. The molecule has 44 heavy (non-hydrogen) atoms. The zero-order chi connectivity index (χ0) is 28.8. The molecule has 0 amide bonds. The minimum atomic E-state index is 0.918. The van der Waals surface area contributed by atoms with Crippen LogP contribution in [0.4, 0.5) is 0 Å². The van der Waals surface area contributed by atoms with E-state index in [9.17, 15) is 0 Å². The van der Waals surface area contributed by atoms with Crippen molar-refractivity contribution in [2.45, 2.75) is 0 Å². The fraction of sp³-hybridized carbons (Fsp3) is 0. The lowest BCUT2D eigenvalue weighted by Crippen LogP contribution is -1.92. The number of benzene rings is 8. The van der Waals surface area contributed by atoms with Crippen molar-refractivity contribution in [3.05, 3.63) is 146 Å². The average molecular weight is 577 g/mol. The first-order chi connectivity index (χ1) is 21.8. The van der Waals surface area contributed by atoms with Gasteiger partial charge in [-0.2, -0.15) is 0 Å². The molecule has 2 heterocycles. The number of furan rings is 1. The molecule has 0 saturated heterocycles. The Balaban J connectivity index is 1.38. The summed E-state index contributed by atoms with van der Waals surface area (Å²) in [5, 5.41) is 12.5. The lowest BCUT2D eigenvalue weighted by molar-refractivity contribution is 0.669. The summed E-state index contributed by atoms with van der Waals surface area (Å²) in [6.07, 6.45) is 0. The Bertz CT molecular complexity index is 2720. The van der Waals surface area contributed by atoms with Crippen LogP contribution in [-0.2, 0) is 0 Å². The summed E-state index contributed by atoms with van der Waals surface area (Å²) in [5.41, 5.74) is 6.88. The Morgan fingerprint density at radius 1 is 0.364 bits per heavy atom. The summed E-state index contributed by atoms with van der Waals surface area (Å²) >= 11 is 1.91. The van der Waals surface area contributed by atoms with Gasteiger partial charge in [0.2, 0.25) is 0 Å². The molecule has 0 spiro atoms. The van der Waals surface area contributed by atoms with Gasteiger partial charge in [-0.05, 0) is 79.3 Å². The van der Waals surface area contributed by atoms with Crippen molar-refractivity contribution in [2.75, 3.05) is 0 Å². The molecule has 2 heteroatoms. The molecule has 0 aliphatic carbocycles. The van der Waals surface area contributed by atoms with Crippen LogP contribution in [0.3, 0.4) is 0 Å². The maximum absolute atomic E-state index is 6.36. The lowest BCUT2D eigenvalue weighted by atomic mass is 9.84. The summed E-state index contributed by atoms with van der Waals surface area (Å²) in [6, 6.07) is 53.0. The van der Waals surface area contributed by atoms with Gasteiger partial charge in [0.05, 0.1) is 0 Å². The first-order valence-electron chi connectivity index (χ1n) is 15.0. The molecule has 0 aliphatic rings. The van der Waals surface area contributed by atoms with Crippen LogP contribution in [0.15, 0.2) is 150 Å². The standard InChI is InChI=1S/C42H24OS/c1-2-12-27-25(11-1)23-35-30-14-8-10-20-38(30)44-42(35)41(27)40-33-17-5-3-15-31(33)39(32-16-4-6-18-34(32)40)26-21-22-29-28-13-7-9-19-36(28)43-37(29)24-26/h1-24H. The molecule has 0 fully saturated rings. The van der Waals surface area contributed by atoms with Gasteiger partial charge in [0, 0.05) is 36.5 Å². The fourth-order valence-electron chi connectivity index (χ4n) is 7.36. The lowest BCUT2D eigenvalue weighted by Gasteiger charge is -2.19. The highest BCUT2D eigenvalue weighted by Gasteiger charge is 2.22. The van der Waals surface area contributed by atoms with Crippen molar-refractivity contribution in [3.8, 4) is 22.3 Å². The smallest absolute Gasteiger partial charge is 0.136 e. The minimum Gasteiger partial charge on any atom is -0.456 e. The van der Waals surface area contributed by atoms with Gasteiger partial charge < -0.3 is 4.42 Å². The van der Waals surface area contributed by atoms with Crippen LogP contribution in [0.2, 0.25) is 0 Å². The Morgan fingerprint density at radius 2 is 0.932 bits per heavy atom. The normalized spacial score (nSPS) is 12.1. The van der Waals surface area contributed by atoms with Gasteiger partial charge in [-0.1, -0.05) is 115 Å². The van der Waals surface area contributed by atoms with E-state index in [0.717, 1.165) is 21.9 Å². The van der Waals surface area contributed by atoms with Crippen LogP contribution in [0.25, 0.3) is 96.7 Å². The van der Waals surface area contributed by atoms with Gasteiger partial charge in [0.15, 0.2) is 0 Å². The largest absolute Gasteiger partial charge is 0.456 e. The van der Waals surface area contributed by atoms with Gasteiger partial charge >= 0.3 is 0 Å². The Labute approximate surface area is 257 Å². The molecular weight excluding hydrogens is 553 g/mol. The third kappa shape index (κ3) is 3.29. The van der Waals surface area contributed by atoms with Gasteiger partial charge in [-0.15, -0.1) is 11.3 Å². The second-order valence-corrected chi connectivity index (χ2v) is 12.7. The second kappa shape index (κ2) is 9.03. The van der Waals surface area contributed by atoms with E-state index in [1.807, 2.05) is 23.5 Å². The molecule has 0 radical (unpaired) electrons. The first-order valence-corrected chi connectivity index (χ1v) is 15.8. The minimum absolute atomic E-state index is 0.918. The van der Waals surface area contributed by atoms with Crippen LogP contribution in [0, 0.1) is 0 Å². The summed E-state index contributed by atoms with van der Waals surface area (Å²) < 4.78 is 9.03. The van der Waals surface area contributed by atoms with Crippen molar-refractivity contribution in [3.63, 3.8) is 0 Å². The van der Waals surface area contributed by atoms with Gasteiger partial charge in [0.25, 0.3) is 0 Å². The van der Waals surface area contributed by atoms with Gasteiger partial charge in [-0.3, -0.25) is 0 Å². The summed E-state index contributed by atoms with van der Waals surface area (Å²) in [5.74, 6) is 0. The SMILES string of the molecule is c1ccc2c(-c3c4ccccc4c(-c4ccc5c(c4)oc4ccccc45)c4ccccc34)c3sc4ccccc4c3cc2c1. The van der Waals surface area contributed by atoms with Crippen molar-refractivity contribution >= 4 is 85.8 Å². The molecule has 10 rings (SSSR count). The zero-order valence-electron chi connectivity index (χ0n) is 23.7. The molecule has 0 N–H and O–H groups in total. The van der Waals surface area contributed by atoms with Crippen molar-refractivity contribution in [2.24, 2.45) is 0 Å². The van der Waals surface area contributed by atoms with E-state index in [4.69, 9.17) is 4.42 Å². The maximum atomic E-state index is 6.36. The predicted octanol–water partition coefficient (Wildman–Crippen LogP) is 12.7. The molecule has 10 aromatic rings. The fourth-order valence-corrected chi connectivity index (χ4v) is 8.61. The highest BCUT2D eigenvalue weighted by molar-refractivity contribution is 7.26. The zero-order valence-corrected chi connectivity index (χ0v) is 24.5. The molecule has 2 aromatic heterocycles. The van der Waals surface area contributed by atoms with E-state index < -0.39 is 0 Å². The second-order valence-electron chi connectivity index (χ2n) is 11.6. The number of para-hydroxylation sites is 1. The quantitative estimate of drug-likeness (QED) is 0.187. The van der Waals surface area contributed by atoms with E-state index in [2.05, 4.69) is 133 Å². The summed E-state index contributed by atoms with van der Waals surface area (Å²) in [6.45, 7) is 0. The van der Waals surface area contributed by atoms with Gasteiger partial charge in [0.1, 0.15) is 11.2 Å². The summed E-state index contributed by atoms with van der Waals surface area (Å²) in [7, 11) is 0. The highest BCUT2D eigenvalue weighted by Crippen LogP contribution is 2.50. The topological polar surface area (TPSA) is 13.1 Å². The number of thiophene rings is 1. The molecule has 1 nitrogen and oxygen atoms in total. The molecule has 0 bridgehead atoms. The molecule has 0 unspecified atom stereocenters. The van der Waals surface area contributed by atoms with Crippen molar-refractivity contribution in [1.29, 1.82) is 0 Å². The molecular formula is C42H24OS. The van der Waals surface area contributed by atoms with E-state index in [-0.39, 0.29) is 0 Å². The van der Waals surface area contributed by atoms with Crippen molar-refractivity contribution in [1.82, 2.24) is 0 Å². The molecule has 8 aromatic carbocycles. The Morgan fingerprint density at radius 3 is 1.68 bits per heavy atom. The molecule has 0 aliphatic heterocycles. The van der Waals surface area contributed by atoms with Crippen LogP contribution in [-0.4, -0.2) is 0 Å². The van der Waals surface area contributed by atoms with Gasteiger partial charge in [-0.25, -0.2) is 0 Å². The number of hydrogen-bond acceptors (Lipinski definition) is 2. The third-order valence-electron chi connectivity index (χ3n) is 9.24. The first kappa shape index (κ1) is 24.0. The van der Waals surface area contributed by atoms with E-state index in [1.54, 1.807) is 0 Å². The maximum Gasteiger partial charge on any atom is 0.136 e. The van der Waals surface area contributed by atoms with Crippen molar-refractivity contribution < 1.29 is 4.42 Å². The Hall–Kier alpha value is -5.44. The van der Waals surface area contributed by atoms with Crippen LogP contribution in [0.5, 0.6) is 0 Å². The molecule has 204 valence electrons. The number of hydrogen-bond donors (Lipinski definition) is 0. The Kier molecular flexibility index (Phi) is 4.94. The number of fused-ring (bicyclic) bond motifs is 9. The summed E-state index contributed by atoms with van der Waals surface area (Å²) in [4.78, 5) is 0. The average Bonchev–Trinajstić information content (AvgIpc) is 3.64. The van der Waals surface area contributed by atoms with Crippen LogP contribution >= 0.6 is 11.3 Å². The molecule has 0 atom stereocenters.